The van der Waals surface area contributed by atoms with Crippen molar-refractivity contribution in [2.45, 2.75) is 0 Å². The number of ether oxygens (including phenoxy) is 1. The van der Waals surface area contributed by atoms with Crippen molar-refractivity contribution in [3.8, 4) is 0 Å². The first-order valence-corrected chi connectivity index (χ1v) is 2.43. The van der Waals surface area contributed by atoms with Crippen molar-refractivity contribution in [1.82, 2.24) is 0 Å². The number of rotatable bonds is 1. The zero-order valence-corrected chi connectivity index (χ0v) is 9.53. The maximum Gasteiger partial charge on any atom is 0.105 e. The van der Waals surface area contributed by atoms with Crippen molar-refractivity contribution < 1.29 is 36.6 Å². The first-order chi connectivity index (χ1) is 3.93. The molecule has 0 spiro atoms. The molecule has 0 bridgehead atoms. The molecule has 0 heterocycles. The Morgan fingerprint density at radius 1 is 1.40 bits per heavy atom. The van der Waals surface area contributed by atoms with Gasteiger partial charge in [0.05, 0.1) is 13.5 Å². The van der Waals surface area contributed by atoms with Crippen LogP contribution in [0.25, 0.3) is 0 Å². The van der Waals surface area contributed by atoms with Crippen LogP contribution in [0.5, 0.6) is 0 Å². The fourth-order valence-corrected chi connectivity index (χ4v) is 0.508. The van der Waals surface area contributed by atoms with E-state index in [4.69, 9.17) is 4.74 Å². The van der Waals surface area contributed by atoms with E-state index >= 15 is 0 Å². The molecule has 0 aromatic heterocycles. The first kappa shape index (κ1) is 12.6. The molecule has 0 fully saturated rings. The molecule has 0 atom stereocenters. The summed E-state index contributed by atoms with van der Waals surface area (Å²) in [5, 5.41) is 0. The van der Waals surface area contributed by atoms with Gasteiger partial charge in [0.2, 0.25) is 0 Å². The molecule has 3 heteroatoms. The molecule has 0 saturated heterocycles. The summed E-state index contributed by atoms with van der Waals surface area (Å²) in [6.45, 7) is 0. The summed E-state index contributed by atoms with van der Waals surface area (Å²) in [6, 6.07) is 0. The van der Waals surface area contributed by atoms with Gasteiger partial charge in [-0.15, -0.1) is 5.73 Å². The van der Waals surface area contributed by atoms with E-state index in [9.17, 15) is 0 Å². The minimum atomic E-state index is 0. The molecular formula is C7H7ClOZn-. The number of methoxy groups -OCH3 is 1. The van der Waals surface area contributed by atoms with E-state index in [-0.39, 0.29) is 31.9 Å². The Labute approximate surface area is 80.0 Å². The van der Waals surface area contributed by atoms with E-state index in [1.165, 1.54) is 0 Å². The van der Waals surface area contributed by atoms with Crippen molar-refractivity contribution in [3.63, 3.8) is 0 Å². The van der Waals surface area contributed by atoms with Crippen molar-refractivity contribution in [2.75, 3.05) is 7.11 Å². The average Bonchev–Trinajstić information content (AvgIpc) is 1.90. The molecule has 0 N–H and O–H groups in total. The zero-order valence-electron chi connectivity index (χ0n) is 5.80. The van der Waals surface area contributed by atoms with Crippen LogP contribution in [0.2, 0.25) is 0 Å². The predicted molar refractivity (Wildman–Crippen MR) is 32.0 cm³/mol. The van der Waals surface area contributed by atoms with Gasteiger partial charge in [-0.3, -0.25) is 0 Å². The monoisotopic (exact) mass is 206 g/mol. The normalized spacial score (nSPS) is 12.7. The standard InChI is InChI=1S/C7H7O.ClH.Zn/c1-8-7-5-3-2-4-6-7;;/h3-6H,1H3;1H;/p-1. The molecule has 1 nitrogen and oxygen atoms in total. The van der Waals surface area contributed by atoms with Crippen LogP contribution < -0.4 is 12.4 Å². The Bertz CT molecular complexity index is 168. The van der Waals surface area contributed by atoms with E-state index in [0.717, 1.165) is 5.76 Å². The second-order valence-electron chi connectivity index (χ2n) is 1.44. The van der Waals surface area contributed by atoms with Crippen LogP contribution in [-0.4, -0.2) is 7.11 Å². The van der Waals surface area contributed by atoms with Gasteiger partial charge in [-0.1, -0.05) is 0 Å². The summed E-state index contributed by atoms with van der Waals surface area (Å²) in [7, 11) is 1.65. The fourth-order valence-electron chi connectivity index (χ4n) is 0.508. The van der Waals surface area contributed by atoms with Crippen LogP contribution in [-0.2, 0) is 24.2 Å². The van der Waals surface area contributed by atoms with Gasteiger partial charge >= 0.3 is 0 Å². The summed E-state index contributed by atoms with van der Waals surface area (Å²) in [4.78, 5) is 0. The molecule has 51 valence electrons. The number of halogens is 1. The van der Waals surface area contributed by atoms with Gasteiger partial charge in [0.15, 0.2) is 0 Å². The molecule has 0 unspecified atom stereocenters. The molecular weight excluding hydrogens is 201 g/mol. The summed E-state index contributed by atoms with van der Waals surface area (Å²) >= 11 is 0. The van der Waals surface area contributed by atoms with Gasteiger partial charge < -0.3 is 17.1 Å². The third-order valence-corrected chi connectivity index (χ3v) is 0.923. The third-order valence-electron chi connectivity index (χ3n) is 0.923. The van der Waals surface area contributed by atoms with Gasteiger partial charge in [-0.25, -0.2) is 0 Å². The maximum absolute atomic E-state index is 4.89. The molecule has 0 aromatic carbocycles. The van der Waals surface area contributed by atoms with Gasteiger partial charge in [-0.2, -0.15) is 0 Å². The third kappa shape index (κ3) is 3.90. The largest absolute Gasteiger partial charge is 1.00 e. The van der Waals surface area contributed by atoms with E-state index in [1.54, 1.807) is 7.11 Å². The van der Waals surface area contributed by atoms with Crippen LogP contribution in [0.4, 0.5) is 0 Å². The van der Waals surface area contributed by atoms with Crippen molar-refractivity contribution >= 4 is 0 Å². The molecule has 1 aliphatic carbocycles. The minimum absolute atomic E-state index is 0. The quantitative estimate of drug-likeness (QED) is 0.374. The van der Waals surface area contributed by atoms with Crippen LogP contribution in [0.15, 0.2) is 29.7 Å². The maximum atomic E-state index is 4.89. The fraction of sp³-hybridized carbons (Fsp3) is 0.143. The Balaban J connectivity index is 0. The van der Waals surface area contributed by atoms with Gasteiger partial charge in [0.25, 0.3) is 0 Å². The van der Waals surface area contributed by atoms with E-state index in [1.807, 2.05) is 24.6 Å². The SMILES string of the molecule is COC1=CC=C=C[CH]1.[Cl-].[Zn]. The second kappa shape index (κ2) is 7.08. The molecule has 1 aliphatic rings. The van der Waals surface area contributed by atoms with Gasteiger partial charge in [0.1, 0.15) is 5.76 Å². The van der Waals surface area contributed by atoms with Crippen molar-refractivity contribution in [3.05, 3.63) is 36.1 Å². The molecule has 0 amide bonds. The van der Waals surface area contributed by atoms with Crippen molar-refractivity contribution in [2.24, 2.45) is 0 Å². The average molecular weight is 208 g/mol. The molecule has 0 saturated carbocycles. The summed E-state index contributed by atoms with van der Waals surface area (Å²) < 4.78 is 4.89. The zero-order chi connectivity index (χ0) is 5.82. The predicted octanol–water partition coefficient (Wildman–Crippen LogP) is -1.55. The smallest absolute Gasteiger partial charge is 0.105 e. The molecule has 0 aliphatic heterocycles. The van der Waals surface area contributed by atoms with Crippen LogP contribution >= 0.6 is 0 Å². The second-order valence-corrected chi connectivity index (χ2v) is 1.44. The number of allylic oxidation sites excluding steroid dienone is 2. The summed E-state index contributed by atoms with van der Waals surface area (Å²) in [5.74, 6) is 0.878. The Kier molecular flexibility index (Phi) is 8.95. The van der Waals surface area contributed by atoms with Gasteiger partial charge in [-0.05, 0) is 18.2 Å². The number of hydrogen-bond donors (Lipinski definition) is 0. The topological polar surface area (TPSA) is 9.23 Å². The van der Waals surface area contributed by atoms with Crippen molar-refractivity contribution in [1.29, 1.82) is 0 Å². The minimum Gasteiger partial charge on any atom is -1.00 e. The van der Waals surface area contributed by atoms with E-state index < -0.39 is 0 Å². The Morgan fingerprint density at radius 2 is 2.10 bits per heavy atom. The summed E-state index contributed by atoms with van der Waals surface area (Å²) in [6.07, 6.45) is 7.36. The number of hydrogen-bond acceptors (Lipinski definition) is 1. The van der Waals surface area contributed by atoms with Crippen LogP contribution in [0, 0.1) is 6.42 Å². The van der Waals surface area contributed by atoms with E-state index in [2.05, 4.69) is 5.73 Å². The van der Waals surface area contributed by atoms with Crippen LogP contribution in [0.1, 0.15) is 0 Å². The molecule has 10 heavy (non-hydrogen) atoms. The molecule has 0 aromatic rings. The van der Waals surface area contributed by atoms with Gasteiger partial charge in [0, 0.05) is 19.5 Å². The molecule has 1 radical (unpaired) electrons. The molecule has 1 rings (SSSR count). The Hall–Kier alpha value is -0.0266. The summed E-state index contributed by atoms with van der Waals surface area (Å²) in [5.41, 5.74) is 2.89. The first-order valence-electron chi connectivity index (χ1n) is 2.43. The van der Waals surface area contributed by atoms with E-state index in [0.29, 0.717) is 0 Å². The van der Waals surface area contributed by atoms with Crippen LogP contribution in [0.3, 0.4) is 0 Å². The Morgan fingerprint density at radius 3 is 2.40 bits per heavy atom.